The molecule has 0 aromatic heterocycles. The lowest BCUT2D eigenvalue weighted by Crippen LogP contribution is -2.39. The van der Waals surface area contributed by atoms with Crippen molar-refractivity contribution in [3.8, 4) is 11.5 Å². The fourth-order valence-corrected chi connectivity index (χ4v) is 3.04. The van der Waals surface area contributed by atoms with E-state index >= 15 is 0 Å². The fraction of sp³-hybridized carbons (Fsp3) is 0.588. The first-order chi connectivity index (χ1) is 10.9. The van der Waals surface area contributed by atoms with Gasteiger partial charge in [0.15, 0.2) is 0 Å². The van der Waals surface area contributed by atoms with Crippen LogP contribution >= 0.6 is 12.4 Å². The number of anilines is 1. The van der Waals surface area contributed by atoms with Gasteiger partial charge < -0.3 is 20.1 Å². The highest BCUT2D eigenvalue weighted by molar-refractivity contribution is 5.92. The topological polar surface area (TPSA) is 62.8 Å². The van der Waals surface area contributed by atoms with E-state index < -0.39 is 0 Å². The van der Waals surface area contributed by atoms with Gasteiger partial charge in [0.25, 0.3) is 0 Å². The Morgan fingerprint density at radius 3 is 2.42 bits per heavy atom. The highest BCUT2D eigenvalue weighted by atomic mass is 35.5. The van der Waals surface area contributed by atoms with E-state index in [1.54, 1.807) is 32.4 Å². The Hall–Kier alpha value is -1.50. The van der Waals surface area contributed by atoms with Gasteiger partial charge in [-0.15, -0.1) is 12.4 Å². The van der Waals surface area contributed by atoms with Crippen LogP contribution in [0.4, 0.5) is 5.69 Å². The third-order valence-electron chi connectivity index (χ3n) is 4.16. The van der Waals surface area contributed by atoms with Crippen molar-refractivity contribution >= 4 is 24.0 Å². The molecule has 0 saturated carbocycles. The molecule has 1 fully saturated rings. The van der Waals surface area contributed by atoms with Crippen LogP contribution in [0.2, 0.25) is 0 Å². The molecular weight excluding hydrogens is 330 g/mol. The molecule has 0 spiro atoms. The van der Waals surface area contributed by atoms with Crippen molar-refractivity contribution in [2.75, 3.05) is 52.8 Å². The number of halogens is 1. The molecule has 24 heavy (non-hydrogen) atoms. The molecule has 1 aromatic carbocycles. The second kappa shape index (κ2) is 9.11. The Morgan fingerprint density at radius 1 is 1.29 bits per heavy atom. The van der Waals surface area contributed by atoms with Gasteiger partial charge in [0.2, 0.25) is 5.91 Å². The number of hydrogen-bond donors (Lipinski definition) is 2. The van der Waals surface area contributed by atoms with Crippen LogP contribution in [0.25, 0.3) is 0 Å². The maximum Gasteiger partial charge on any atom is 0.238 e. The lowest BCUT2D eigenvalue weighted by atomic mass is 9.89. The van der Waals surface area contributed by atoms with Gasteiger partial charge in [-0.1, -0.05) is 6.92 Å². The zero-order chi connectivity index (χ0) is 16.9. The molecule has 1 amide bonds. The van der Waals surface area contributed by atoms with Crippen LogP contribution in [-0.4, -0.2) is 58.3 Å². The van der Waals surface area contributed by atoms with Gasteiger partial charge in [0.1, 0.15) is 11.5 Å². The van der Waals surface area contributed by atoms with Gasteiger partial charge in [-0.2, -0.15) is 0 Å². The van der Waals surface area contributed by atoms with Gasteiger partial charge in [0.05, 0.1) is 20.8 Å². The minimum Gasteiger partial charge on any atom is -0.497 e. The molecule has 0 bridgehead atoms. The van der Waals surface area contributed by atoms with Crippen LogP contribution < -0.4 is 20.1 Å². The highest BCUT2D eigenvalue weighted by Gasteiger charge is 2.30. The zero-order valence-electron chi connectivity index (χ0n) is 14.8. The standard InChI is InChI=1S/C17H27N3O3.ClH/c1-17(5-6-18-11-17)12-20(2)10-16(21)19-13-7-14(22-3)9-15(8-13)23-4;/h7-9,18H,5-6,10-12H2,1-4H3,(H,19,21);1H. The predicted molar refractivity (Wildman–Crippen MR) is 98.5 cm³/mol. The quantitative estimate of drug-likeness (QED) is 0.781. The molecule has 1 heterocycles. The number of methoxy groups -OCH3 is 2. The summed E-state index contributed by atoms with van der Waals surface area (Å²) in [6.45, 7) is 5.57. The number of hydrogen-bond acceptors (Lipinski definition) is 5. The Bertz CT molecular complexity index is 526. The number of carbonyl (C=O) groups is 1. The van der Waals surface area contributed by atoms with E-state index in [-0.39, 0.29) is 23.7 Å². The van der Waals surface area contributed by atoms with Gasteiger partial charge in [0, 0.05) is 37.0 Å². The molecule has 1 aromatic rings. The summed E-state index contributed by atoms with van der Waals surface area (Å²) in [5.74, 6) is 1.26. The Kier molecular flexibility index (Phi) is 7.79. The molecule has 7 heteroatoms. The van der Waals surface area contributed by atoms with E-state index in [2.05, 4.69) is 22.5 Å². The van der Waals surface area contributed by atoms with Gasteiger partial charge >= 0.3 is 0 Å². The van der Waals surface area contributed by atoms with E-state index in [0.29, 0.717) is 23.7 Å². The third-order valence-corrected chi connectivity index (χ3v) is 4.16. The molecule has 6 nitrogen and oxygen atoms in total. The average Bonchev–Trinajstić information content (AvgIpc) is 2.92. The van der Waals surface area contributed by atoms with Crippen LogP contribution in [-0.2, 0) is 4.79 Å². The average molecular weight is 358 g/mol. The minimum atomic E-state index is -0.0441. The van der Waals surface area contributed by atoms with E-state index in [1.807, 2.05) is 7.05 Å². The number of carbonyl (C=O) groups excluding carboxylic acids is 1. The van der Waals surface area contributed by atoms with E-state index in [9.17, 15) is 4.79 Å². The van der Waals surface area contributed by atoms with E-state index in [1.165, 1.54) is 0 Å². The number of ether oxygens (including phenoxy) is 2. The van der Waals surface area contributed by atoms with Crippen molar-refractivity contribution in [3.05, 3.63) is 18.2 Å². The summed E-state index contributed by atoms with van der Waals surface area (Å²) in [5.41, 5.74) is 0.919. The summed E-state index contributed by atoms with van der Waals surface area (Å²) in [5, 5.41) is 6.29. The van der Waals surface area contributed by atoms with E-state index in [0.717, 1.165) is 26.1 Å². The largest absolute Gasteiger partial charge is 0.497 e. The van der Waals surface area contributed by atoms with Crippen molar-refractivity contribution in [1.29, 1.82) is 0 Å². The maximum absolute atomic E-state index is 12.3. The molecule has 136 valence electrons. The first-order valence-corrected chi connectivity index (χ1v) is 7.86. The first-order valence-electron chi connectivity index (χ1n) is 7.86. The lowest BCUT2D eigenvalue weighted by molar-refractivity contribution is -0.117. The minimum absolute atomic E-state index is 0. The molecule has 2 N–H and O–H groups in total. The van der Waals surface area contributed by atoms with Crippen LogP contribution in [0.3, 0.4) is 0 Å². The number of likely N-dealkylation sites (N-methyl/N-ethyl adjacent to an activating group) is 1. The summed E-state index contributed by atoms with van der Waals surface area (Å²) in [6, 6.07) is 5.33. The Balaban J connectivity index is 0.00000288. The second-order valence-electron chi connectivity index (χ2n) is 6.56. The summed E-state index contributed by atoms with van der Waals surface area (Å²) >= 11 is 0. The van der Waals surface area contributed by atoms with Crippen LogP contribution in [0.15, 0.2) is 18.2 Å². The summed E-state index contributed by atoms with van der Waals surface area (Å²) in [7, 11) is 5.16. The summed E-state index contributed by atoms with van der Waals surface area (Å²) < 4.78 is 10.4. The van der Waals surface area contributed by atoms with E-state index in [4.69, 9.17) is 9.47 Å². The molecule has 2 rings (SSSR count). The lowest BCUT2D eigenvalue weighted by Gasteiger charge is -2.28. The number of nitrogens with zero attached hydrogens (tertiary/aromatic N) is 1. The first kappa shape index (κ1) is 20.5. The second-order valence-corrected chi connectivity index (χ2v) is 6.56. The third kappa shape index (κ3) is 5.85. The van der Waals surface area contributed by atoms with Crippen molar-refractivity contribution in [1.82, 2.24) is 10.2 Å². The molecule has 1 atom stereocenters. The molecule has 1 saturated heterocycles. The fourth-order valence-electron chi connectivity index (χ4n) is 3.04. The number of nitrogens with one attached hydrogen (secondary N) is 2. The Labute approximate surface area is 150 Å². The number of benzene rings is 1. The van der Waals surface area contributed by atoms with Crippen LogP contribution in [0.1, 0.15) is 13.3 Å². The van der Waals surface area contributed by atoms with Crippen molar-refractivity contribution in [2.24, 2.45) is 5.41 Å². The molecule has 1 aliphatic rings. The molecule has 1 unspecified atom stereocenters. The zero-order valence-corrected chi connectivity index (χ0v) is 15.7. The molecule has 0 radical (unpaired) electrons. The number of amides is 1. The van der Waals surface area contributed by atoms with Gasteiger partial charge in [-0.3, -0.25) is 9.69 Å². The Morgan fingerprint density at radius 2 is 1.92 bits per heavy atom. The van der Waals surface area contributed by atoms with Crippen LogP contribution in [0.5, 0.6) is 11.5 Å². The normalized spacial score (nSPS) is 19.7. The summed E-state index contributed by atoms with van der Waals surface area (Å²) in [4.78, 5) is 14.3. The number of rotatable bonds is 7. The van der Waals surface area contributed by atoms with Crippen molar-refractivity contribution in [3.63, 3.8) is 0 Å². The smallest absolute Gasteiger partial charge is 0.238 e. The monoisotopic (exact) mass is 357 g/mol. The van der Waals surface area contributed by atoms with Crippen molar-refractivity contribution < 1.29 is 14.3 Å². The van der Waals surface area contributed by atoms with Crippen LogP contribution in [0, 0.1) is 5.41 Å². The van der Waals surface area contributed by atoms with Gasteiger partial charge in [-0.05, 0) is 25.4 Å². The SMILES string of the molecule is COc1cc(NC(=O)CN(C)CC2(C)CCNC2)cc(OC)c1.Cl. The van der Waals surface area contributed by atoms with Gasteiger partial charge in [-0.25, -0.2) is 0 Å². The summed E-state index contributed by atoms with van der Waals surface area (Å²) in [6.07, 6.45) is 1.14. The highest BCUT2D eigenvalue weighted by Crippen LogP contribution is 2.26. The molecular formula is C17H28ClN3O3. The maximum atomic E-state index is 12.3. The molecule has 1 aliphatic heterocycles. The molecule has 0 aliphatic carbocycles. The van der Waals surface area contributed by atoms with Crippen molar-refractivity contribution in [2.45, 2.75) is 13.3 Å². The predicted octanol–water partition coefficient (Wildman–Crippen LogP) is 2.00.